The zero-order chi connectivity index (χ0) is 23.0. The van der Waals surface area contributed by atoms with Crippen molar-refractivity contribution < 1.29 is 9.59 Å². The first-order valence-electron chi connectivity index (χ1n) is 12.0. The highest BCUT2D eigenvalue weighted by atomic mass is 79.9. The molecule has 3 aliphatic rings. The number of halogens is 1. The van der Waals surface area contributed by atoms with Crippen molar-refractivity contribution in [2.24, 2.45) is 0 Å². The lowest BCUT2D eigenvalue weighted by Crippen LogP contribution is -2.56. The number of hydrogen-bond acceptors (Lipinski definition) is 4. The van der Waals surface area contributed by atoms with Gasteiger partial charge in [0.05, 0.1) is 5.69 Å². The van der Waals surface area contributed by atoms with Crippen molar-refractivity contribution in [2.45, 2.75) is 44.7 Å². The van der Waals surface area contributed by atoms with Gasteiger partial charge in [-0.15, -0.1) is 0 Å². The Bertz CT molecular complexity index is 1030. The van der Waals surface area contributed by atoms with Crippen molar-refractivity contribution in [3.63, 3.8) is 0 Å². The summed E-state index contributed by atoms with van der Waals surface area (Å²) in [7, 11) is 0. The Balaban J connectivity index is 1.27. The van der Waals surface area contributed by atoms with Crippen LogP contribution in [0.1, 0.15) is 38.2 Å². The number of carbonyl (C=O) groups is 2. The summed E-state index contributed by atoms with van der Waals surface area (Å²) >= 11 is 3.46. The van der Waals surface area contributed by atoms with Crippen molar-refractivity contribution in [3.05, 3.63) is 58.6 Å². The van der Waals surface area contributed by atoms with E-state index in [0.717, 1.165) is 37.2 Å². The van der Waals surface area contributed by atoms with Crippen LogP contribution in [0.3, 0.4) is 0 Å². The Kier molecular flexibility index (Phi) is 6.18. The Morgan fingerprint density at radius 2 is 1.61 bits per heavy atom. The largest absolute Gasteiger partial charge is 0.372 e. The van der Waals surface area contributed by atoms with E-state index in [0.29, 0.717) is 25.1 Å². The third-order valence-corrected chi connectivity index (χ3v) is 7.91. The number of likely N-dealkylation sites (tertiary alicyclic amines) is 1. The van der Waals surface area contributed by atoms with E-state index in [1.54, 1.807) is 4.90 Å². The highest BCUT2D eigenvalue weighted by Crippen LogP contribution is 2.40. The quantitative estimate of drug-likeness (QED) is 0.538. The molecule has 3 fully saturated rings. The maximum absolute atomic E-state index is 13.6. The number of piperidine rings is 1. The molecule has 174 valence electrons. The number of amides is 3. The lowest BCUT2D eigenvalue weighted by molar-refractivity contribution is -0.127. The molecule has 7 heteroatoms. The molecule has 0 unspecified atom stereocenters. The Labute approximate surface area is 204 Å². The van der Waals surface area contributed by atoms with E-state index >= 15 is 0 Å². The van der Waals surface area contributed by atoms with Crippen LogP contribution in [0.25, 0.3) is 0 Å². The number of hydrogen-bond donors (Lipinski definition) is 0. The van der Waals surface area contributed by atoms with Crippen LogP contribution in [-0.4, -0.2) is 60.0 Å². The number of imide groups is 1. The molecule has 0 aromatic heterocycles. The number of benzene rings is 2. The fourth-order valence-corrected chi connectivity index (χ4v) is 5.99. The molecule has 33 heavy (non-hydrogen) atoms. The molecule has 3 heterocycles. The van der Waals surface area contributed by atoms with E-state index in [-0.39, 0.29) is 11.9 Å². The molecular formula is C26H31BrN4O2. The summed E-state index contributed by atoms with van der Waals surface area (Å²) in [5.41, 5.74) is 2.51. The Hall–Kier alpha value is -2.38. The van der Waals surface area contributed by atoms with Crippen molar-refractivity contribution >= 4 is 39.2 Å². The average Bonchev–Trinajstić information content (AvgIpc) is 3.42. The first-order chi connectivity index (χ1) is 16.0. The van der Waals surface area contributed by atoms with Gasteiger partial charge in [-0.3, -0.25) is 9.69 Å². The maximum Gasteiger partial charge on any atom is 0.332 e. The Morgan fingerprint density at radius 3 is 2.24 bits per heavy atom. The molecule has 0 saturated carbocycles. The minimum Gasteiger partial charge on any atom is -0.372 e. The fourth-order valence-electron chi connectivity index (χ4n) is 5.61. The zero-order valence-corrected chi connectivity index (χ0v) is 20.8. The van der Waals surface area contributed by atoms with Crippen molar-refractivity contribution in [1.29, 1.82) is 0 Å². The second-order valence-electron chi connectivity index (χ2n) is 9.32. The van der Waals surface area contributed by atoms with Crippen LogP contribution in [-0.2, 0) is 11.3 Å². The van der Waals surface area contributed by atoms with Gasteiger partial charge in [0, 0.05) is 49.4 Å². The van der Waals surface area contributed by atoms with E-state index in [1.165, 1.54) is 29.0 Å². The van der Waals surface area contributed by atoms with E-state index in [1.807, 2.05) is 31.2 Å². The highest BCUT2D eigenvalue weighted by molar-refractivity contribution is 9.10. The Morgan fingerprint density at radius 1 is 0.909 bits per heavy atom. The monoisotopic (exact) mass is 510 g/mol. The molecule has 3 amide bonds. The van der Waals surface area contributed by atoms with Gasteiger partial charge in [0.15, 0.2) is 0 Å². The predicted molar refractivity (Wildman–Crippen MR) is 135 cm³/mol. The molecule has 3 aliphatic heterocycles. The molecular weight excluding hydrogens is 480 g/mol. The fraction of sp³-hybridized carbons (Fsp3) is 0.462. The predicted octanol–water partition coefficient (Wildman–Crippen LogP) is 4.87. The second kappa shape index (κ2) is 9.11. The molecule has 5 rings (SSSR count). The van der Waals surface area contributed by atoms with E-state index in [4.69, 9.17) is 0 Å². The highest BCUT2D eigenvalue weighted by Gasteiger charge is 2.57. The number of anilines is 2. The summed E-state index contributed by atoms with van der Waals surface area (Å²) < 4.78 is 0.857. The minimum atomic E-state index is -0.732. The molecule has 6 nitrogen and oxygen atoms in total. The molecule has 3 saturated heterocycles. The standard InChI is InChI=1S/C26H31BrN4O2/c1-2-30-25(33)31(23-7-5-6-21(27)18-23)24(32)26(30)12-16-28(17-13-26)19-20-8-10-22(11-9-20)29-14-3-4-15-29/h5-11,18H,2-4,12-17,19H2,1H3. The molecule has 2 aromatic rings. The summed E-state index contributed by atoms with van der Waals surface area (Å²) in [6.07, 6.45) is 3.90. The van der Waals surface area contributed by atoms with Gasteiger partial charge in [-0.1, -0.05) is 34.1 Å². The van der Waals surface area contributed by atoms with Gasteiger partial charge in [0.25, 0.3) is 5.91 Å². The van der Waals surface area contributed by atoms with Crippen LogP contribution < -0.4 is 9.80 Å². The summed E-state index contributed by atoms with van der Waals surface area (Å²) in [6, 6.07) is 16.2. The minimum absolute atomic E-state index is 0.0814. The third-order valence-electron chi connectivity index (χ3n) is 7.42. The van der Waals surface area contributed by atoms with Gasteiger partial charge in [0.2, 0.25) is 0 Å². The van der Waals surface area contributed by atoms with Gasteiger partial charge in [-0.05, 0) is 68.5 Å². The molecule has 0 radical (unpaired) electrons. The molecule has 0 bridgehead atoms. The van der Waals surface area contributed by atoms with Crippen LogP contribution in [0.15, 0.2) is 53.0 Å². The summed E-state index contributed by atoms with van der Waals surface area (Å²) in [5, 5.41) is 0. The maximum atomic E-state index is 13.6. The van der Waals surface area contributed by atoms with Crippen LogP contribution >= 0.6 is 15.9 Å². The second-order valence-corrected chi connectivity index (χ2v) is 10.2. The van der Waals surface area contributed by atoms with Crippen molar-refractivity contribution in [3.8, 4) is 0 Å². The van der Waals surface area contributed by atoms with Crippen molar-refractivity contribution in [1.82, 2.24) is 9.80 Å². The zero-order valence-electron chi connectivity index (χ0n) is 19.2. The number of nitrogens with zero attached hydrogens (tertiary/aromatic N) is 4. The average molecular weight is 511 g/mol. The van der Waals surface area contributed by atoms with Gasteiger partial charge < -0.3 is 9.80 Å². The first-order valence-corrected chi connectivity index (χ1v) is 12.8. The van der Waals surface area contributed by atoms with Gasteiger partial charge in [-0.25, -0.2) is 9.69 Å². The molecule has 0 N–H and O–H groups in total. The number of rotatable bonds is 5. The van der Waals surface area contributed by atoms with Crippen molar-refractivity contribution in [2.75, 3.05) is 42.5 Å². The van der Waals surface area contributed by atoms with Crippen LogP contribution in [0.4, 0.5) is 16.2 Å². The van der Waals surface area contributed by atoms with E-state index in [9.17, 15) is 9.59 Å². The molecule has 1 spiro atoms. The summed E-state index contributed by atoms with van der Waals surface area (Å²) in [6.45, 7) is 7.29. The van der Waals surface area contributed by atoms with Crippen LogP contribution in [0.2, 0.25) is 0 Å². The lowest BCUT2D eigenvalue weighted by atomic mass is 9.85. The third kappa shape index (κ3) is 4.06. The van der Waals surface area contributed by atoms with Gasteiger partial charge in [0.1, 0.15) is 5.54 Å². The number of urea groups is 1. The number of likely N-dealkylation sites (N-methyl/N-ethyl adjacent to an activating group) is 1. The summed E-state index contributed by atoms with van der Waals surface area (Å²) in [4.78, 5) is 34.9. The normalized spacial score (nSPS) is 21.0. The van der Waals surface area contributed by atoms with Gasteiger partial charge >= 0.3 is 6.03 Å². The van der Waals surface area contributed by atoms with Gasteiger partial charge in [-0.2, -0.15) is 0 Å². The lowest BCUT2D eigenvalue weighted by Gasteiger charge is -2.41. The SMILES string of the molecule is CCN1C(=O)N(c2cccc(Br)c2)C(=O)C12CCN(Cc1ccc(N3CCCC3)cc1)CC2. The van der Waals surface area contributed by atoms with Crippen LogP contribution in [0.5, 0.6) is 0 Å². The molecule has 0 aliphatic carbocycles. The van der Waals surface area contributed by atoms with E-state index in [2.05, 4.69) is 50.0 Å². The topological polar surface area (TPSA) is 47.1 Å². The number of carbonyl (C=O) groups excluding carboxylic acids is 2. The first kappa shape index (κ1) is 22.4. The smallest absolute Gasteiger partial charge is 0.332 e. The summed E-state index contributed by atoms with van der Waals surface area (Å²) in [5.74, 6) is -0.0814. The molecule has 0 atom stereocenters. The molecule has 2 aromatic carbocycles. The van der Waals surface area contributed by atoms with Crippen LogP contribution in [0, 0.1) is 0 Å². The van der Waals surface area contributed by atoms with E-state index < -0.39 is 5.54 Å².